The van der Waals surface area contributed by atoms with E-state index in [0.717, 1.165) is 31.4 Å². The molecule has 0 spiro atoms. The fraction of sp³-hybridized carbons (Fsp3) is 0.429. The van der Waals surface area contributed by atoms with Crippen LogP contribution in [0.3, 0.4) is 0 Å². The Hall–Kier alpha value is -3.30. The number of fused-ring (bicyclic) bond motifs is 1. The van der Waals surface area contributed by atoms with Crippen molar-refractivity contribution in [2.45, 2.75) is 57.5 Å². The lowest BCUT2D eigenvalue weighted by atomic mass is 9.92. The van der Waals surface area contributed by atoms with Crippen LogP contribution in [0.15, 0.2) is 23.0 Å². The number of hydrogen-bond donors (Lipinski definition) is 3. The number of aromatic nitrogens is 2. The fourth-order valence-corrected chi connectivity index (χ4v) is 4.35. The first-order valence-electron chi connectivity index (χ1n) is 10.2. The minimum Gasteiger partial charge on any atom is -0.337 e. The molecule has 164 valence electrons. The molecule has 1 aromatic heterocycles. The molecule has 2 amide bonds. The van der Waals surface area contributed by atoms with Crippen LogP contribution in [0.4, 0.5) is 26.2 Å². The number of piperidine rings is 1. The van der Waals surface area contributed by atoms with E-state index >= 15 is 0 Å². The Bertz CT molecular complexity index is 1090. The zero-order valence-corrected chi connectivity index (χ0v) is 17.2. The number of halogens is 2. The van der Waals surface area contributed by atoms with E-state index in [1.165, 1.54) is 6.07 Å². The van der Waals surface area contributed by atoms with Gasteiger partial charge < -0.3 is 15.5 Å². The Morgan fingerprint density at radius 1 is 1.16 bits per heavy atom. The van der Waals surface area contributed by atoms with Gasteiger partial charge in [0.2, 0.25) is 17.8 Å². The monoisotopic (exact) mass is 431 g/mol. The number of rotatable bonds is 3. The van der Waals surface area contributed by atoms with Gasteiger partial charge in [-0.2, -0.15) is 4.98 Å². The molecule has 0 aliphatic carbocycles. The van der Waals surface area contributed by atoms with Crippen LogP contribution in [-0.4, -0.2) is 33.9 Å². The molecule has 1 fully saturated rings. The molecule has 4 rings (SSSR count). The summed E-state index contributed by atoms with van der Waals surface area (Å²) in [6, 6.07) is 3.24. The summed E-state index contributed by atoms with van der Waals surface area (Å²) < 4.78 is 26.6. The number of nitrogens with zero attached hydrogens (tertiary/aromatic N) is 2. The molecule has 2 aromatic rings. The molecule has 0 saturated carbocycles. The number of aromatic amines is 1. The number of amides is 2. The fourth-order valence-electron chi connectivity index (χ4n) is 4.35. The molecule has 2 aliphatic rings. The van der Waals surface area contributed by atoms with Crippen LogP contribution in [0.25, 0.3) is 0 Å². The SMILES string of the molecule is CC1CCCC(C)N1c1nc2c(c(=O)[nH]1)C(C(=O)Nc1ccc(F)c(F)c1)CC(=O)N2. The molecule has 31 heavy (non-hydrogen) atoms. The number of carbonyl (C=O) groups is 2. The van der Waals surface area contributed by atoms with Gasteiger partial charge in [-0.05, 0) is 45.2 Å². The maximum atomic E-state index is 13.5. The molecule has 8 nitrogen and oxygen atoms in total. The van der Waals surface area contributed by atoms with Gasteiger partial charge in [0.05, 0.1) is 11.5 Å². The molecule has 1 aromatic carbocycles. The predicted molar refractivity (Wildman–Crippen MR) is 111 cm³/mol. The van der Waals surface area contributed by atoms with Gasteiger partial charge >= 0.3 is 0 Å². The maximum Gasteiger partial charge on any atom is 0.258 e. The van der Waals surface area contributed by atoms with Crippen molar-refractivity contribution in [2.24, 2.45) is 0 Å². The van der Waals surface area contributed by atoms with Gasteiger partial charge in [0.25, 0.3) is 5.56 Å². The molecule has 3 unspecified atom stereocenters. The lowest BCUT2D eigenvalue weighted by molar-refractivity contribution is -0.123. The number of nitrogens with one attached hydrogen (secondary N) is 3. The van der Waals surface area contributed by atoms with Crippen LogP contribution in [0, 0.1) is 11.6 Å². The molecule has 3 heterocycles. The van der Waals surface area contributed by atoms with E-state index in [1.54, 1.807) is 0 Å². The minimum atomic E-state index is -1.12. The molecule has 0 bridgehead atoms. The van der Waals surface area contributed by atoms with E-state index in [1.807, 2.05) is 18.7 Å². The third-order valence-corrected chi connectivity index (χ3v) is 5.88. The summed E-state index contributed by atoms with van der Waals surface area (Å²) in [5.41, 5.74) is -0.454. The normalized spacial score (nSPS) is 23.2. The molecular formula is C21H23F2N5O3. The van der Waals surface area contributed by atoms with Gasteiger partial charge in [0.1, 0.15) is 5.82 Å². The highest BCUT2D eigenvalue weighted by atomic mass is 19.2. The molecule has 2 aliphatic heterocycles. The predicted octanol–water partition coefficient (Wildman–Crippen LogP) is 2.88. The Labute approximate surface area is 177 Å². The summed E-state index contributed by atoms with van der Waals surface area (Å²) in [6.45, 7) is 4.09. The van der Waals surface area contributed by atoms with Gasteiger partial charge in [-0.3, -0.25) is 19.4 Å². The third kappa shape index (κ3) is 4.01. The van der Waals surface area contributed by atoms with Gasteiger partial charge in [0.15, 0.2) is 11.6 Å². The second-order valence-corrected chi connectivity index (χ2v) is 8.11. The van der Waals surface area contributed by atoms with Crippen molar-refractivity contribution in [1.82, 2.24) is 9.97 Å². The molecular weight excluding hydrogens is 408 g/mol. The highest BCUT2D eigenvalue weighted by Crippen LogP contribution is 2.32. The first-order chi connectivity index (χ1) is 14.7. The lowest BCUT2D eigenvalue weighted by Crippen LogP contribution is -2.46. The number of benzene rings is 1. The number of hydrogen-bond acceptors (Lipinski definition) is 5. The van der Waals surface area contributed by atoms with E-state index in [9.17, 15) is 23.2 Å². The summed E-state index contributed by atoms with van der Waals surface area (Å²) in [5, 5.41) is 5.03. The number of H-pyrrole nitrogens is 1. The van der Waals surface area contributed by atoms with Crippen molar-refractivity contribution in [3.63, 3.8) is 0 Å². The highest BCUT2D eigenvalue weighted by molar-refractivity contribution is 6.04. The van der Waals surface area contributed by atoms with Crippen molar-refractivity contribution >= 4 is 29.3 Å². The maximum absolute atomic E-state index is 13.5. The average Bonchev–Trinajstić information content (AvgIpc) is 2.69. The molecule has 3 atom stereocenters. The molecule has 1 saturated heterocycles. The summed E-state index contributed by atoms with van der Waals surface area (Å²) in [6.07, 6.45) is 2.73. The van der Waals surface area contributed by atoms with Crippen molar-refractivity contribution < 1.29 is 18.4 Å². The molecule has 3 N–H and O–H groups in total. The Balaban J connectivity index is 1.67. The van der Waals surface area contributed by atoms with Crippen LogP contribution in [-0.2, 0) is 9.59 Å². The Morgan fingerprint density at radius 2 is 1.87 bits per heavy atom. The second kappa shape index (κ2) is 8.09. The van der Waals surface area contributed by atoms with E-state index in [-0.39, 0.29) is 35.6 Å². The van der Waals surface area contributed by atoms with Gasteiger partial charge in [-0.15, -0.1) is 0 Å². The Kier molecular flexibility index (Phi) is 5.47. The van der Waals surface area contributed by atoms with Crippen LogP contribution in [0.1, 0.15) is 51.0 Å². The van der Waals surface area contributed by atoms with Crippen LogP contribution >= 0.6 is 0 Å². The minimum absolute atomic E-state index is 0.0217. The smallest absolute Gasteiger partial charge is 0.258 e. The lowest BCUT2D eigenvalue weighted by Gasteiger charge is -2.39. The second-order valence-electron chi connectivity index (χ2n) is 8.11. The summed E-state index contributed by atoms with van der Waals surface area (Å²) in [4.78, 5) is 47.3. The van der Waals surface area contributed by atoms with Crippen molar-refractivity contribution in [3.8, 4) is 0 Å². The van der Waals surface area contributed by atoms with Crippen LogP contribution in [0.5, 0.6) is 0 Å². The van der Waals surface area contributed by atoms with E-state index < -0.39 is 34.9 Å². The molecule has 0 radical (unpaired) electrons. The highest BCUT2D eigenvalue weighted by Gasteiger charge is 2.36. The van der Waals surface area contributed by atoms with Gasteiger partial charge in [-0.25, -0.2) is 8.78 Å². The standard InChI is InChI=1S/C21H23F2N5O3/c1-10-4-3-5-11(2)28(10)21-26-18-17(20(31)27-21)13(9-16(29)25-18)19(30)24-12-6-7-14(22)15(23)8-12/h6-8,10-11,13H,3-5,9H2,1-2H3,(H,24,30)(H2,25,26,27,29,31). The summed E-state index contributed by atoms with van der Waals surface area (Å²) >= 11 is 0. The first-order valence-corrected chi connectivity index (χ1v) is 10.2. The van der Waals surface area contributed by atoms with Crippen molar-refractivity contribution in [1.29, 1.82) is 0 Å². The zero-order chi connectivity index (χ0) is 22.3. The summed E-state index contributed by atoms with van der Waals surface area (Å²) in [7, 11) is 0. The number of carbonyl (C=O) groups excluding carboxylic acids is 2. The van der Waals surface area contributed by atoms with Crippen molar-refractivity contribution in [2.75, 3.05) is 15.5 Å². The first kappa shape index (κ1) is 21.0. The number of anilines is 3. The quantitative estimate of drug-likeness (QED) is 0.693. The van der Waals surface area contributed by atoms with Gasteiger partial charge in [-0.1, -0.05) is 0 Å². The van der Waals surface area contributed by atoms with E-state index in [2.05, 4.69) is 20.6 Å². The topological polar surface area (TPSA) is 107 Å². The van der Waals surface area contributed by atoms with E-state index in [0.29, 0.717) is 5.95 Å². The third-order valence-electron chi connectivity index (χ3n) is 5.88. The van der Waals surface area contributed by atoms with Crippen LogP contribution in [0.2, 0.25) is 0 Å². The van der Waals surface area contributed by atoms with E-state index in [4.69, 9.17) is 0 Å². The zero-order valence-electron chi connectivity index (χ0n) is 17.2. The van der Waals surface area contributed by atoms with Crippen LogP contribution < -0.4 is 21.1 Å². The molecule has 10 heteroatoms. The summed E-state index contributed by atoms with van der Waals surface area (Å²) in [5.74, 6) is -4.01. The largest absolute Gasteiger partial charge is 0.337 e. The van der Waals surface area contributed by atoms with Crippen molar-refractivity contribution in [3.05, 3.63) is 45.8 Å². The van der Waals surface area contributed by atoms with Gasteiger partial charge in [0, 0.05) is 30.3 Å². The Morgan fingerprint density at radius 3 is 2.55 bits per heavy atom. The average molecular weight is 431 g/mol.